The van der Waals surface area contributed by atoms with Crippen molar-refractivity contribution in [3.8, 4) is 5.69 Å². The Bertz CT molecular complexity index is 1260. The van der Waals surface area contributed by atoms with Crippen LogP contribution in [0.4, 0.5) is 5.69 Å². The first kappa shape index (κ1) is 24.0. The van der Waals surface area contributed by atoms with Crippen molar-refractivity contribution in [3.63, 3.8) is 0 Å². The number of hydrogen-bond acceptors (Lipinski definition) is 5. The molecule has 1 amide bonds. The normalized spacial score (nSPS) is 14.6. The molecule has 0 aliphatic carbocycles. The molecule has 4 rings (SSSR count). The van der Waals surface area contributed by atoms with Gasteiger partial charge in [-0.15, -0.1) is 0 Å². The number of hydrogen-bond donors (Lipinski definition) is 0. The predicted molar refractivity (Wildman–Crippen MR) is 134 cm³/mol. The minimum Gasteiger partial charge on any atom is -0.365 e. The number of carbonyl (C=O) groups excluding carboxylic acids is 1. The number of anilines is 1. The number of rotatable bonds is 6. The van der Waals surface area contributed by atoms with E-state index in [1.807, 2.05) is 46.8 Å². The van der Waals surface area contributed by atoms with Gasteiger partial charge in [-0.25, -0.2) is 13.1 Å². The monoisotopic (exact) mass is 480 g/mol. The lowest BCUT2D eigenvalue weighted by Gasteiger charge is -2.36. The van der Waals surface area contributed by atoms with E-state index in [0.29, 0.717) is 18.0 Å². The minimum absolute atomic E-state index is 0.0625. The average Bonchev–Trinajstić information content (AvgIpc) is 3.13. The second-order valence-corrected chi connectivity index (χ2v) is 11.6. The molecule has 2 aromatic carbocycles. The van der Waals surface area contributed by atoms with Crippen LogP contribution in [0.3, 0.4) is 0 Å². The Morgan fingerprint density at radius 1 is 0.941 bits per heavy atom. The first-order chi connectivity index (χ1) is 16.2. The molecule has 3 aromatic rings. The Balaban J connectivity index is 1.39. The third kappa shape index (κ3) is 4.73. The highest BCUT2D eigenvalue weighted by Crippen LogP contribution is 2.28. The third-order valence-corrected chi connectivity index (χ3v) is 8.60. The number of aromatic nitrogens is 2. The van der Waals surface area contributed by atoms with Gasteiger partial charge >= 0.3 is 0 Å². The topological polar surface area (TPSA) is 75.5 Å². The molecule has 8 heteroatoms. The summed E-state index contributed by atoms with van der Waals surface area (Å²) in [6.45, 7) is 10.2. The van der Waals surface area contributed by atoms with Crippen LogP contribution in [0, 0.1) is 13.8 Å². The number of amides is 1. The second-order valence-electron chi connectivity index (χ2n) is 9.05. The van der Waals surface area contributed by atoms with Crippen molar-refractivity contribution in [2.75, 3.05) is 31.1 Å². The van der Waals surface area contributed by atoms with E-state index in [2.05, 4.69) is 11.8 Å². The molecule has 0 spiro atoms. The Hall–Kier alpha value is -3.13. The van der Waals surface area contributed by atoms with E-state index >= 15 is 0 Å². The van der Waals surface area contributed by atoms with Crippen molar-refractivity contribution in [2.24, 2.45) is 0 Å². The molecule has 0 saturated carbocycles. The summed E-state index contributed by atoms with van der Waals surface area (Å²) in [4.78, 5) is 17.4. The first-order valence-corrected chi connectivity index (χ1v) is 13.2. The molecule has 1 aliphatic heterocycles. The average molecular weight is 481 g/mol. The Morgan fingerprint density at radius 2 is 1.56 bits per heavy atom. The summed E-state index contributed by atoms with van der Waals surface area (Å²) in [5.41, 5.74) is 5.08. The molecule has 0 bridgehead atoms. The summed E-state index contributed by atoms with van der Waals surface area (Å²) in [5, 5.41) is 4.28. The van der Waals surface area contributed by atoms with Crippen molar-refractivity contribution in [1.29, 1.82) is 0 Å². The van der Waals surface area contributed by atoms with Gasteiger partial charge < -0.3 is 9.80 Å². The molecule has 7 nitrogen and oxygen atoms in total. The van der Waals surface area contributed by atoms with Gasteiger partial charge in [-0.05, 0) is 57.5 Å². The highest BCUT2D eigenvalue weighted by molar-refractivity contribution is 7.92. The van der Waals surface area contributed by atoms with Gasteiger partial charge in [-0.1, -0.05) is 30.3 Å². The van der Waals surface area contributed by atoms with Crippen molar-refractivity contribution in [2.45, 2.75) is 44.3 Å². The van der Waals surface area contributed by atoms with Crippen LogP contribution in [0.25, 0.3) is 5.69 Å². The minimum atomic E-state index is -3.31. The van der Waals surface area contributed by atoms with Crippen LogP contribution < -0.4 is 4.90 Å². The fourth-order valence-corrected chi connectivity index (χ4v) is 5.51. The van der Waals surface area contributed by atoms with E-state index in [0.717, 1.165) is 41.4 Å². The first-order valence-electron chi connectivity index (χ1n) is 11.7. The molecule has 2 heterocycles. The zero-order chi connectivity index (χ0) is 24.5. The lowest BCUT2D eigenvalue weighted by molar-refractivity contribution is -0.130. The standard InChI is InChI=1S/C26H32N4O3S/c1-19(2)34(32,33)24-12-10-22(11-13-24)18-25(31)28-14-16-29(17-15-28)26-20(3)27-30(21(26)4)23-8-6-5-7-9-23/h5-13,19H,14-18H2,1-4H3. The summed E-state index contributed by atoms with van der Waals surface area (Å²) in [6, 6.07) is 16.8. The van der Waals surface area contributed by atoms with E-state index in [1.54, 1.807) is 38.1 Å². The van der Waals surface area contributed by atoms with Crippen LogP contribution in [0.5, 0.6) is 0 Å². The van der Waals surface area contributed by atoms with Gasteiger partial charge in [0.15, 0.2) is 9.84 Å². The number of sulfone groups is 1. The van der Waals surface area contributed by atoms with Crippen molar-refractivity contribution in [3.05, 3.63) is 71.5 Å². The van der Waals surface area contributed by atoms with Gasteiger partial charge in [-0.2, -0.15) is 5.10 Å². The highest BCUT2D eigenvalue weighted by Gasteiger charge is 2.26. The molecule has 34 heavy (non-hydrogen) atoms. The maximum atomic E-state index is 12.9. The number of benzene rings is 2. The van der Waals surface area contributed by atoms with Crippen LogP contribution in [-0.4, -0.2) is 60.4 Å². The van der Waals surface area contributed by atoms with Crippen LogP contribution >= 0.6 is 0 Å². The quantitative estimate of drug-likeness (QED) is 0.539. The summed E-state index contributed by atoms with van der Waals surface area (Å²) in [5.74, 6) is 0.0625. The molecule has 0 atom stereocenters. The fourth-order valence-electron chi connectivity index (χ4n) is 4.45. The number of carbonyl (C=O) groups is 1. The van der Waals surface area contributed by atoms with Gasteiger partial charge in [-0.3, -0.25) is 4.79 Å². The smallest absolute Gasteiger partial charge is 0.227 e. The molecule has 0 unspecified atom stereocenters. The van der Waals surface area contributed by atoms with Crippen molar-refractivity contribution < 1.29 is 13.2 Å². The van der Waals surface area contributed by atoms with E-state index in [-0.39, 0.29) is 12.3 Å². The van der Waals surface area contributed by atoms with Crippen LogP contribution in [0.15, 0.2) is 59.5 Å². The molecule has 0 N–H and O–H groups in total. The third-order valence-electron chi connectivity index (χ3n) is 6.43. The lowest BCUT2D eigenvalue weighted by atomic mass is 10.1. The fraction of sp³-hybridized carbons (Fsp3) is 0.385. The summed E-state index contributed by atoms with van der Waals surface area (Å²) in [6.07, 6.45) is 0.270. The van der Waals surface area contributed by atoms with Gasteiger partial charge in [0.05, 0.1) is 39.3 Å². The molecule has 1 aliphatic rings. The molecule has 1 saturated heterocycles. The molecule has 180 valence electrons. The Labute approximate surface area is 201 Å². The summed E-state index contributed by atoms with van der Waals surface area (Å²) in [7, 11) is -3.31. The van der Waals surface area contributed by atoms with Crippen molar-refractivity contribution >= 4 is 21.4 Å². The Morgan fingerprint density at radius 3 is 2.15 bits per heavy atom. The van der Waals surface area contributed by atoms with Gasteiger partial charge in [0, 0.05) is 26.2 Å². The van der Waals surface area contributed by atoms with Crippen molar-refractivity contribution in [1.82, 2.24) is 14.7 Å². The molecule has 1 aromatic heterocycles. The second kappa shape index (κ2) is 9.62. The predicted octanol–water partition coefficient (Wildman–Crippen LogP) is 3.56. The number of aryl methyl sites for hydroxylation is 1. The molecular formula is C26H32N4O3S. The SMILES string of the molecule is Cc1nn(-c2ccccc2)c(C)c1N1CCN(C(=O)Cc2ccc(S(=O)(=O)C(C)C)cc2)CC1. The highest BCUT2D eigenvalue weighted by atomic mass is 32.2. The Kier molecular flexibility index (Phi) is 6.79. The molecule has 0 radical (unpaired) electrons. The lowest BCUT2D eigenvalue weighted by Crippen LogP contribution is -2.49. The summed E-state index contributed by atoms with van der Waals surface area (Å²) >= 11 is 0. The zero-order valence-electron chi connectivity index (χ0n) is 20.2. The van der Waals surface area contributed by atoms with E-state index in [9.17, 15) is 13.2 Å². The van der Waals surface area contributed by atoms with E-state index in [1.165, 1.54) is 0 Å². The van der Waals surface area contributed by atoms with Crippen LogP contribution in [-0.2, 0) is 21.1 Å². The van der Waals surface area contributed by atoms with Gasteiger partial charge in [0.25, 0.3) is 0 Å². The van der Waals surface area contributed by atoms with Crippen LogP contribution in [0.2, 0.25) is 0 Å². The number of para-hydroxylation sites is 1. The van der Waals surface area contributed by atoms with E-state index < -0.39 is 15.1 Å². The van der Waals surface area contributed by atoms with Crippen LogP contribution in [0.1, 0.15) is 30.8 Å². The zero-order valence-corrected chi connectivity index (χ0v) is 21.0. The van der Waals surface area contributed by atoms with Gasteiger partial charge in [0.2, 0.25) is 5.91 Å². The number of piperazine rings is 1. The number of nitrogens with zero attached hydrogens (tertiary/aromatic N) is 4. The maximum Gasteiger partial charge on any atom is 0.227 e. The largest absolute Gasteiger partial charge is 0.365 e. The molecule has 1 fully saturated rings. The summed E-state index contributed by atoms with van der Waals surface area (Å²) < 4.78 is 26.6. The molecular weight excluding hydrogens is 448 g/mol. The van der Waals surface area contributed by atoms with E-state index in [4.69, 9.17) is 5.10 Å². The maximum absolute atomic E-state index is 12.9. The van der Waals surface area contributed by atoms with Gasteiger partial charge in [0.1, 0.15) is 0 Å².